The van der Waals surface area contributed by atoms with Gasteiger partial charge in [-0.3, -0.25) is 9.69 Å². The Morgan fingerprint density at radius 3 is 2.76 bits per heavy atom. The number of para-hydroxylation sites is 1. The minimum Gasteiger partial charge on any atom is -0.274 e. The maximum absolute atomic E-state index is 11.8. The monoisotopic (exact) mass is 242 g/mol. The Labute approximate surface area is 103 Å². The van der Waals surface area contributed by atoms with Crippen molar-refractivity contribution in [2.75, 3.05) is 4.90 Å². The quantitative estimate of drug-likeness (QED) is 0.711. The molecule has 0 atom stereocenters. The Hall–Kier alpha value is -1.81. The topological polar surface area (TPSA) is 33.2 Å². The number of hydrogen-bond acceptors (Lipinski definition) is 3. The molecule has 0 spiro atoms. The van der Waals surface area contributed by atoms with Gasteiger partial charge in [0.25, 0.3) is 0 Å². The molecule has 1 aromatic carbocycles. The lowest BCUT2D eigenvalue weighted by Gasteiger charge is -2.28. The van der Waals surface area contributed by atoms with Crippen LogP contribution in [0.1, 0.15) is 6.92 Å². The molecule has 84 valence electrons. The number of benzene rings is 1. The van der Waals surface area contributed by atoms with Gasteiger partial charge in [0.2, 0.25) is 5.91 Å². The first-order chi connectivity index (χ1) is 8.27. The summed E-state index contributed by atoms with van der Waals surface area (Å²) in [6, 6.07) is 11.7. The average Bonchev–Trinajstić information content (AvgIpc) is 2.35. The third-order valence-electron chi connectivity index (χ3n) is 2.60. The highest BCUT2D eigenvalue weighted by Crippen LogP contribution is 2.46. The minimum absolute atomic E-state index is 0.0160. The van der Waals surface area contributed by atoms with Crippen molar-refractivity contribution in [2.24, 2.45) is 0 Å². The van der Waals surface area contributed by atoms with E-state index in [0.717, 1.165) is 21.3 Å². The summed E-state index contributed by atoms with van der Waals surface area (Å²) >= 11 is 1.65. The van der Waals surface area contributed by atoms with Crippen LogP contribution in [0.25, 0.3) is 0 Å². The Bertz CT molecular complexity index is 552. The Morgan fingerprint density at radius 1 is 1.18 bits per heavy atom. The van der Waals surface area contributed by atoms with Gasteiger partial charge in [-0.2, -0.15) is 0 Å². The fourth-order valence-electron chi connectivity index (χ4n) is 1.91. The summed E-state index contributed by atoms with van der Waals surface area (Å²) in [5.74, 6) is 0.710. The van der Waals surface area contributed by atoms with Gasteiger partial charge in [-0.05, 0) is 24.3 Å². The van der Waals surface area contributed by atoms with Gasteiger partial charge in [-0.15, -0.1) is 0 Å². The molecule has 0 bridgehead atoms. The van der Waals surface area contributed by atoms with Gasteiger partial charge in [-0.1, -0.05) is 23.9 Å². The summed E-state index contributed by atoms with van der Waals surface area (Å²) in [6.07, 6.45) is 1.71. The molecule has 1 aromatic heterocycles. The number of nitrogens with zero attached hydrogens (tertiary/aromatic N) is 2. The van der Waals surface area contributed by atoms with E-state index in [2.05, 4.69) is 4.98 Å². The third kappa shape index (κ3) is 1.61. The van der Waals surface area contributed by atoms with Gasteiger partial charge in [0, 0.05) is 18.0 Å². The first-order valence-corrected chi connectivity index (χ1v) is 6.11. The minimum atomic E-state index is -0.0160. The highest BCUT2D eigenvalue weighted by molar-refractivity contribution is 7.99. The van der Waals surface area contributed by atoms with Gasteiger partial charge in [0.05, 0.1) is 10.6 Å². The summed E-state index contributed by atoms with van der Waals surface area (Å²) in [6.45, 7) is 1.56. The lowest BCUT2D eigenvalue weighted by atomic mass is 10.2. The number of carbonyl (C=O) groups is 1. The van der Waals surface area contributed by atoms with E-state index in [1.165, 1.54) is 0 Å². The molecule has 0 radical (unpaired) electrons. The molecule has 0 saturated carbocycles. The number of hydrogen-bond donors (Lipinski definition) is 0. The molecule has 0 N–H and O–H groups in total. The fourth-order valence-corrected chi connectivity index (χ4v) is 2.94. The van der Waals surface area contributed by atoms with Crippen LogP contribution >= 0.6 is 11.8 Å². The molecule has 2 aromatic rings. The van der Waals surface area contributed by atoms with E-state index >= 15 is 0 Å². The molecule has 3 rings (SSSR count). The number of anilines is 2. The predicted molar refractivity (Wildman–Crippen MR) is 67.6 cm³/mol. The zero-order valence-electron chi connectivity index (χ0n) is 9.25. The van der Waals surface area contributed by atoms with E-state index in [-0.39, 0.29) is 5.91 Å². The van der Waals surface area contributed by atoms with E-state index in [1.54, 1.807) is 29.8 Å². The third-order valence-corrected chi connectivity index (χ3v) is 3.71. The van der Waals surface area contributed by atoms with Crippen LogP contribution in [-0.4, -0.2) is 10.9 Å². The summed E-state index contributed by atoms with van der Waals surface area (Å²) < 4.78 is 0. The maximum atomic E-state index is 11.8. The first kappa shape index (κ1) is 10.4. The van der Waals surface area contributed by atoms with Crippen LogP contribution in [0.3, 0.4) is 0 Å². The van der Waals surface area contributed by atoms with Crippen LogP contribution < -0.4 is 4.90 Å². The van der Waals surface area contributed by atoms with Gasteiger partial charge >= 0.3 is 0 Å². The van der Waals surface area contributed by atoms with Gasteiger partial charge in [0.1, 0.15) is 0 Å². The number of carbonyl (C=O) groups excluding carboxylic acids is 1. The average molecular weight is 242 g/mol. The molecular formula is C13H10N2OS. The zero-order chi connectivity index (χ0) is 11.8. The van der Waals surface area contributed by atoms with Crippen molar-refractivity contribution in [3.8, 4) is 0 Å². The van der Waals surface area contributed by atoms with E-state index < -0.39 is 0 Å². The fraction of sp³-hybridized carbons (Fsp3) is 0.0769. The molecule has 0 unspecified atom stereocenters. The van der Waals surface area contributed by atoms with Crippen molar-refractivity contribution in [3.05, 3.63) is 42.6 Å². The molecule has 0 fully saturated rings. The lowest BCUT2D eigenvalue weighted by molar-refractivity contribution is -0.115. The Morgan fingerprint density at radius 2 is 1.94 bits per heavy atom. The number of aromatic nitrogens is 1. The van der Waals surface area contributed by atoms with Gasteiger partial charge in [-0.25, -0.2) is 4.98 Å². The van der Waals surface area contributed by atoms with Crippen LogP contribution in [0.15, 0.2) is 52.4 Å². The Kier molecular flexibility index (Phi) is 2.37. The van der Waals surface area contributed by atoms with Crippen LogP contribution in [0.2, 0.25) is 0 Å². The molecule has 1 aliphatic heterocycles. The normalized spacial score (nSPS) is 12.9. The highest BCUT2D eigenvalue weighted by Gasteiger charge is 2.26. The van der Waals surface area contributed by atoms with Crippen LogP contribution in [0.5, 0.6) is 0 Å². The first-order valence-electron chi connectivity index (χ1n) is 5.30. The summed E-state index contributed by atoms with van der Waals surface area (Å²) in [5, 5.41) is 0. The number of fused-ring (bicyclic) bond motifs is 2. The molecule has 1 amide bonds. The molecule has 1 aliphatic rings. The van der Waals surface area contributed by atoms with Crippen molar-refractivity contribution in [2.45, 2.75) is 16.7 Å². The molecular weight excluding hydrogens is 232 g/mol. The van der Waals surface area contributed by atoms with Crippen molar-refractivity contribution < 1.29 is 4.79 Å². The van der Waals surface area contributed by atoms with Crippen LogP contribution in [-0.2, 0) is 4.79 Å². The SMILES string of the molecule is CC(=O)N1c2ccccc2Sc2cccnc21. The van der Waals surface area contributed by atoms with E-state index in [9.17, 15) is 4.79 Å². The van der Waals surface area contributed by atoms with Crippen molar-refractivity contribution in [3.63, 3.8) is 0 Å². The molecule has 0 aliphatic carbocycles. The van der Waals surface area contributed by atoms with Crippen LogP contribution in [0.4, 0.5) is 11.5 Å². The molecule has 4 heteroatoms. The second-order valence-corrected chi connectivity index (χ2v) is 4.83. The largest absolute Gasteiger partial charge is 0.274 e. The number of pyridine rings is 1. The second-order valence-electron chi connectivity index (χ2n) is 3.75. The standard InChI is InChI=1S/C13H10N2OS/c1-9(16)15-10-5-2-3-6-11(10)17-12-7-4-8-14-13(12)15/h2-8H,1H3. The molecule has 3 nitrogen and oxygen atoms in total. The summed E-state index contributed by atoms with van der Waals surface area (Å²) in [4.78, 5) is 19.9. The predicted octanol–water partition coefficient (Wildman–Crippen LogP) is 3.23. The van der Waals surface area contributed by atoms with Crippen molar-refractivity contribution in [1.29, 1.82) is 0 Å². The second kappa shape index (κ2) is 3.89. The maximum Gasteiger partial charge on any atom is 0.229 e. The van der Waals surface area contributed by atoms with Crippen molar-refractivity contribution in [1.82, 2.24) is 4.98 Å². The molecule has 2 heterocycles. The van der Waals surface area contributed by atoms with Gasteiger partial charge in [0.15, 0.2) is 5.82 Å². The van der Waals surface area contributed by atoms with E-state index in [1.807, 2.05) is 36.4 Å². The molecule has 0 saturated heterocycles. The van der Waals surface area contributed by atoms with E-state index in [0.29, 0.717) is 0 Å². The van der Waals surface area contributed by atoms with Gasteiger partial charge < -0.3 is 0 Å². The van der Waals surface area contributed by atoms with Crippen LogP contribution in [0, 0.1) is 0 Å². The molecule has 17 heavy (non-hydrogen) atoms. The lowest BCUT2D eigenvalue weighted by Crippen LogP contribution is -2.26. The summed E-state index contributed by atoms with van der Waals surface area (Å²) in [5.41, 5.74) is 0.913. The number of rotatable bonds is 0. The van der Waals surface area contributed by atoms with E-state index in [4.69, 9.17) is 0 Å². The number of amides is 1. The Balaban J connectivity index is 2.24. The summed E-state index contributed by atoms with van der Waals surface area (Å²) in [7, 11) is 0. The van der Waals surface area contributed by atoms with Crippen molar-refractivity contribution >= 4 is 29.2 Å². The smallest absolute Gasteiger partial charge is 0.229 e. The zero-order valence-corrected chi connectivity index (χ0v) is 10.1. The highest BCUT2D eigenvalue weighted by atomic mass is 32.2.